The second-order valence-corrected chi connectivity index (χ2v) is 6.96. The Balaban J connectivity index is 1.42. The van der Waals surface area contributed by atoms with Crippen molar-refractivity contribution in [2.75, 3.05) is 32.7 Å². The van der Waals surface area contributed by atoms with E-state index in [9.17, 15) is 9.90 Å². The van der Waals surface area contributed by atoms with Gasteiger partial charge in [0.15, 0.2) is 0 Å². The Morgan fingerprint density at radius 2 is 1.71 bits per heavy atom. The molecule has 0 amide bonds. The summed E-state index contributed by atoms with van der Waals surface area (Å²) in [7, 11) is 0. The van der Waals surface area contributed by atoms with Crippen molar-refractivity contribution in [2.45, 2.75) is 63.1 Å². The van der Waals surface area contributed by atoms with Gasteiger partial charge in [0, 0.05) is 18.6 Å². The predicted octanol–water partition coefficient (Wildman–Crippen LogP) is 1.14. The van der Waals surface area contributed by atoms with Crippen molar-refractivity contribution in [2.24, 2.45) is 0 Å². The van der Waals surface area contributed by atoms with Gasteiger partial charge >= 0.3 is 5.97 Å². The van der Waals surface area contributed by atoms with Crippen LogP contribution in [0.5, 0.6) is 0 Å². The summed E-state index contributed by atoms with van der Waals surface area (Å²) in [4.78, 5) is 16.4. The Hall–Kier alpha value is -0.650. The van der Waals surface area contributed by atoms with E-state index in [1.807, 2.05) is 0 Å². The van der Waals surface area contributed by atoms with Gasteiger partial charge in [0.05, 0.1) is 0 Å². The Morgan fingerprint density at radius 3 is 2.29 bits per heavy atom. The van der Waals surface area contributed by atoms with Gasteiger partial charge in [-0.2, -0.15) is 0 Å². The number of hydrogen-bond donors (Lipinski definition) is 2. The SMILES string of the molecule is O=C(O)C(CN1CCC(N2CCCCC2)CC1)NC1CC1. The molecule has 3 aliphatic rings. The topological polar surface area (TPSA) is 55.8 Å². The van der Waals surface area contributed by atoms with E-state index in [1.54, 1.807) is 0 Å². The highest BCUT2D eigenvalue weighted by molar-refractivity contribution is 5.73. The average molecular weight is 295 g/mol. The number of carbonyl (C=O) groups is 1. The minimum absolute atomic E-state index is 0.385. The van der Waals surface area contributed by atoms with Crippen LogP contribution in [-0.4, -0.2) is 71.7 Å². The van der Waals surface area contributed by atoms with Gasteiger partial charge in [0.2, 0.25) is 0 Å². The van der Waals surface area contributed by atoms with Gasteiger partial charge in [-0.15, -0.1) is 0 Å². The summed E-state index contributed by atoms with van der Waals surface area (Å²) in [6.07, 6.45) is 8.79. The molecular weight excluding hydrogens is 266 g/mol. The Morgan fingerprint density at radius 1 is 1.05 bits per heavy atom. The normalized spacial score (nSPS) is 27.6. The lowest BCUT2D eigenvalue weighted by Gasteiger charge is -2.40. The Kier molecular flexibility index (Phi) is 5.14. The van der Waals surface area contributed by atoms with E-state index >= 15 is 0 Å². The molecular formula is C16H29N3O2. The fourth-order valence-electron chi connectivity index (χ4n) is 3.75. The zero-order valence-electron chi connectivity index (χ0n) is 13.0. The predicted molar refractivity (Wildman–Crippen MR) is 82.5 cm³/mol. The molecule has 2 saturated heterocycles. The third-order valence-electron chi connectivity index (χ3n) is 5.22. The molecule has 1 saturated carbocycles. The van der Waals surface area contributed by atoms with Crippen molar-refractivity contribution in [1.29, 1.82) is 0 Å². The standard InChI is InChI=1S/C16H29N3O2/c20-16(21)15(17-13-4-5-13)12-18-10-6-14(7-11-18)19-8-2-1-3-9-19/h13-15,17H,1-12H2,(H,20,21). The van der Waals surface area contributed by atoms with E-state index in [-0.39, 0.29) is 6.04 Å². The molecule has 0 spiro atoms. The van der Waals surface area contributed by atoms with Crippen LogP contribution in [-0.2, 0) is 4.79 Å². The summed E-state index contributed by atoms with van der Waals surface area (Å²) in [6, 6.07) is 0.808. The largest absolute Gasteiger partial charge is 0.480 e. The van der Waals surface area contributed by atoms with E-state index in [1.165, 1.54) is 45.2 Å². The molecule has 1 atom stereocenters. The molecule has 3 rings (SSSR count). The fraction of sp³-hybridized carbons (Fsp3) is 0.938. The van der Waals surface area contributed by atoms with Crippen molar-refractivity contribution in [3.63, 3.8) is 0 Å². The minimum atomic E-state index is -0.694. The first-order chi connectivity index (χ1) is 10.2. The van der Waals surface area contributed by atoms with Gasteiger partial charge < -0.3 is 20.2 Å². The maximum atomic E-state index is 11.4. The fourth-order valence-corrected chi connectivity index (χ4v) is 3.75. The van der Waals surface area contributed by atoms with E-state index in [4.69, 9.17) is 0 Å². The van der Waals surface area contributed by atoms with Gasteiger partial charge in [-0.25, -0.2) is 0 Å². The molecule has 2 heterocycles. The third kappa shape index (κ3) is 4.41. The maximum Gasteiger partial charge on any atom is 0.322 e. The lowest BCUT2D eigenvalue weighted by Crippen LogP contribution is -2.52. The molecule has 2 aliphatic heterocycles. The molecule has 1 aliphatic carbocycles. The molecule has 120 valence electrons. The lowest BCUT2D eigenvalue weighted by molar-refractivity contribution is -0.140. The van der Waals surface area contributed by atoms with Crippen molar-refractivity contribution < 1.29 is 9.90 Å². The van der Waals surface area contributed by atoms with Crippen molar-refractivity contribution in [1.82, 2.24) is 15.1 Å². The quantitative estimate of drug-likeness (QED) is 0.770. The second kappa shape index (κ2) is 7.07. The van der Waals surface area contributed by atoms with Crippen LogP contribution in [0.25, 0.3) is 0 Å². The molecule has 0 aromatic rings. The first-order valence-electron chi connectivity index (χ1n) is 8.67. The monoisotopic (exact) mass is 295 g/mol. The number of rotatable bonds is 6. The van der Waals surface area contributed by atoms with Gasteiger partial charge in [0.1, 0.15) is 6.04 Å². The Bertz CT molecular complexity index is 345. The van der Waals surface area contributed by atoms with Crippen molar-refractivity contribution >= 4 is 5.97 Å². The Labute approximate surface area is 127 Å². The maximum absolute atomic E-state index is 11.4. The summed E-state index contributed by atoms with van der Waals surface area (Å²) in [6.45, 7) is 5.31. The van der Waals surface area contributed by atoms with Crippen molar-refractivity contribution in [3.05, 3.63) is 0 Å². The molecule has 0 aromatic heterocycles. The number of piperidine rings is 2. The molecule has 3 fully saturated rings. The number of carboxylic acid groups (broad SMARTS) is 1. The second-order valence-electron chi connectivity index (χ2n) is 6.96. The summed E-state index contributed by atoms with van der Waals surface area (Å²) in [5, 5.41) is 12.6. The number of carboxylic acids is 1. The van der Waals surface area contributed by atoms with Gasteiger partial charge in [0.25, 0.3) is 0 Å². The summed E-state index contributed by atoms with van der Waals surface area (Å²) in [5.74, 6) is -0.694. The van der Waals surface area contributed by atoms with Crippen LogP contribution in [0.2, 0.25) is 0 Å². The first-order valence-corrected chi connectivity index (χ1v) is 8.67. The number of aliphatic carboxylic acids is 1. The average Bonchev–Trinajstić information content (AvgIpc) is 3.32. The van der Waals surface area contributed by atoms with Crippen LogP contribution in [0, 0.1) is 0 Å². The molecule has 1 unspecified atom stereocenters. The van der Waals surface area contributed by atoms with E-state index in [0.717, 1.165) is 32.0 Å². The minimum Gasteiger partial charge on any atom is -0.480 e. The van der Waals surface area contributed by atoms with E-state index in [2.05, 4.69) is 15.1 Å². The molecule has 0 radical (unpaired) electrons. The van der Waals surface area contributed by atoms with E-state index < -0.39 is 5.97 Å². The molecule has 21 heavy (non-hydrogen) atoms. The highest BCUT2D eigenvalue weighted by Crippen LogP contribution is 2.22. The van der Waals surface area contributed by atoms with Crippen LogP contribution in [0.15, 0.2) is 0 Å². The number of hydrogen-bond acceptors (Lipinski definition) is 4. The van der Waals surface area contributed by atoms with E-state index in [0.29, 0.717) is 12.6 Å². The van der Waals surface area contributed by atoms with Crippen LogP contribution in [0.3, 0.4) is 0 Å². The number of likely N-dealkylation sites (tertiary alicyclic amines) is 2. The van der Waals surface area contributed by atoms with Crippen LogP contribution in [0.4, 0.5) is 0 Å². The van der Waals surface area contributed by atoms with Crippen LogP contribution in [0.1, 0.15) is 44.9 Å². The smallest absolute Gasteiger partial charge is 0.322 e. The lowest BCUT2D eigenvalue weighted by atomic mass is 9.99. The first kappa shape index (κ1) is 15.3. The number of nitrogens with one attached hydrogen (secondary N) is 1. The highest BCUT2D eigenvalue weighted by atomic mass is 16.4. The zero-order valence-corrected chi connectivity index (χ0v) is 13.0. The molecule has 0 aromatic carbocycles. The van der Waals surface area contributed by atoms with Gasteiger partial charge in [-0.05, 0) is 64.7 Å². The van der Waals surface area contributed by atoms with Gasteiger partial charge in [-0.3, -0.25) is 4.79 Å². The van der Waals surface area contributed by atoms with Crippen molar-refractivity contribution in [3.8, 4) is 0 Å². The highest BCUT2D eigenvalue weighted by Gasteiger charge is 2.31. The molecule has 0 bridgehead atoms. The van der Waals surface area contributed by atoms with Gasteiger partial charge in [-0.1, -0.05) is 6.42 Å². The summed E-state index contributed by atoms with van der Waals surface area (Å²) < 4.78 is 0. The van der Waals surface area contributed by atoms with Crippen LogP contribution < -0.4 is 5.32 Å². The molecule has 5 heteroatoms. The molecule has 2 N–H and O–H groups in total. The summed E-state index contributed by atoms with van der Waals surface area (Å²) in [5.41, 5.74) is 0. The third-order valence-corrected chi connectivity index (χ3v) is 5.22. The summed E-state index contributed by atoms with van der Waals surface area (Å²) >= 11 is 0. The molecule has 5 nitrogen and oxygen atoms in total. The number of nitrogens with zero attached hydrogens (tertiary/aromatic N) is 2. The van der Waals surface area contributed by atoms with Crippen LogP contribution >= 0.6 is 0 Å². The zero-order chi connectivity index (χ0) is 14.7.